The summed E-state index contributed by atoms with van der Waals surface area (Å²) in [6.45, 7) is 5.64. The number of amides is 1. The van der Waals surface area contributed by atoms with Crippen LogP contribution in [-0.4, -0.2) is 39.3 Å². The fraction of sp³-hybridized carbons (Fsp3) is 0.444. The molecule has 0 bridgehead atoms. The van der Waals surface area contributed by atoms with Crippen molar-refractivity contribution in [1.82, 2.24) is 14.8 Å². The second-order valence-corrected chi connectivity index (χ2v) is 7.65. The summed E-state index contributed by atoms with van der Waals surface area (Å²) in [5.74, 6) is -0.601. The van der Waals surface area contributed by atoms with Crippen molar-refractivity contribution < 1.29 is 14.3 Å². The van der Waals surface area contributed by atoms with E-state index in [-0.39, 0.29) is 11.9 Å². The number of rotatable bonds is 6. The normalized spacial score (nSPS) is 14.0. The van der Waals surface area contributed by atoms with Gasteiger partial charge in [-0.15, -0.1) is 0 Å². The molecule has 0 aliphatic heterocycles. The number of halogens is 1. The Labute approximate surface area is 166 Å². The maximum atomic E-state index is 12.9. The minimum Gasteiger partial charge on any atom is -0.462 e. The fourth-order valence-electron chi connectivity index (χ4n) is 2.71. The lowest BCUT2D eigenvalue weighted by molar-refractivity contribution is -0.114. The van der Waals surface area contributed by atoms with Crippen LogP contribution in [0.1, 0.15) is 46.4 Å². The summed E-state index contributed by atoms with van der Waals surface area (Å²) in [6, 6.07) is 0.105. The van der Waals surface area contributed by atoms with E-state index in [2.05, 4.69) is 10.1 Å². The van der Waals surface area contributed by atoms with Gasteiger partial charge in [-0.05, 0) is 39.7 Å². The molecule has 1 amide bonds. The van der Waals surface area contributed by atoms with Crippen molar-refractivity contribution in [3.63, 3.8) is 0 Å². The number of hydrogen-bond donors (Lipinski definition) is 0. The molecule has 1 aliphatic carbocycles. The van der Waals surface area contributed by atoms with Crippen LogP contribution in [0.2, 0.25) is 5.15 Å². The lowest BCUT2D eigenvalue weighted by Gasteiger charge is -2.17. The van der Waals surface area contributed by atoms with Crippen molar-refractivity contribution in [2.45, 2.75) is 39.7 Å². The van der Waals surface area contributed by atoms with E-state index in [0.717, 1.165) is 18.5 Å². The summed E-state index contributed by atoms with van der Waals surface area (Å²) >= 11 is 7.41. The van der Waals surface area contributed by atoms with Crippen LogP contribution in [0, 0.1) is 13.8 Å². The number of aromatic nitrogens is 3. The van der Waals surface area contributed by atoms with Crippen LogP contribution < -0.4 is 4.90 Å². The zero-order valence-corrected chi connectivity index (χ0v) is 17.2. The first-order chi connectivity index (χ1) is 12.8. The highest BCUT2D eigenvalue weighted by Crippen LogP contribution is 2.36. The van der Waals surface area contributed by atoms with Crippen molar-refractivity contribution in [1.29, 1.82) is 0 Å². The average Bonchev–Trinajstić information content (AvgIpc) is 3.31. The van der Waals surface area contributed by atoms with Gasteiger partial charge in [-0.1, -0.05) is 22.9 Å². The molecule has 9 heteroatoms. The molecule has 3 rings (SSSR count). The summed E-state index contributed by atoms with van der Waals surface area (Å²) in [4.78, 5) is 31.4. The predicted molar refractivity (Wildman–Crippen MR) is 105 cm³/mol. The summed E-state index contributed by atoms with van der Waals surface area (Å²) in [7, 11) is 1.75. The summed E-state index contributed by atoms with van der Waals surface area (Å²) < 4.78 is 6.63. The number of nitrogens with zero attached hydrogens (tertiary/aromatic N) is 4. The quantitative estimate of drug-likeness (QED) is 0.539. The summed E-state index contributed by atoms with van der Waals surface area (Å²) in [6.07, 6.45) is 4.99. The van der Waals surface area contributed by atoms with Gasteiger partial charge in [0.05, 0.1) is 18.0 Å². The number of thiazole rings is 1. The van der Waals surface area contributed by atoms with Gasteiger partial charge in [-0.25, -0.2) is 9.78 Å². The van der Waals surface area contributed by atoms with Gasteiger partial charge in [0.1, 0.15) is 10.0 Å². The summed E-state index contributed by atoms with van der Waals surface area (Å²) in [5.41, 5.74) is 2.03. The molecular weight excluding hydrogens is 388 g/mol. The lowest BCUT2D eigenvalue weighted by atomic mass is 10.2. The maximum absolute atomic E-state index is 12.9. The van der Waals surface area contributed by atoms with Crippen molar-refractivity contribution in [2.75, 3.05) is 11.5 Å². The third-order valence-corrected chi connectivity index (χ3v) is 5.78. The Hall–Kier alpha value is -2.19. The van der Waals surface area contributed by atoms with E-state index >= 15 is 0 Å². The molecule has 0 atom stereocenters. The number of aryl methyl sites for hydroxylation is 3. The van der Waals surface area contributed by atoms with E-state index in [9.17, 15) is 9.59 Å². The zero-order chi connectivity index (χ0) is 19.7. The Morgan fingerprint density at radius 1 is 1.37 bits per heavy atom. The highest BCUT2D eigenvalue weighted by atomic mass is 35.5. The molecule has 0 saturated heterocycles. The topological polar surface area (TPSA) is 77.3 Å². The van der Waals surface area contributed by atoms with Crippen LogP contribution in [0.25, 0.3) is 6.08 Å². The molecule has 0 N–H and O–H groups in total. The van der Waals surface area contributed by atoms with E-state index in [0.29, 0.717) is 33.0 Å². The molecule has 0 aromatic carbocycles. The van der Waals surface area contributed by atoms with Crippen LogP contribution in [0.5, 0.6) is 0 Å². The SMILES string of the molecule is CCOC(=O)c1sc(N(C(=O)C=Cc2c(C)nn(C)c2Cl)C2CC2)nc1C. The van der Waals surface area contributed by atoms with Crippen molar-refractivity contribution in [2.24, 2.45) is 7.05 Å². The fourth-order valence-corrected chi connectivity index (χ4v) is 3.98. The van der Waals surface area contributed by atoms with Crippen LogP contribution in [0.4, 0.5) is 5.13 Å². The van der Waals surface area contributed by atoms with E-state index in [1.807, 2.05) is 6.92 Å². The number of hydrogen-bond acceptors (Lipinski definition) is 6. The van der Waals surface area contributed by atoms with E-state index in [1.165, 1.54) is 17.4 Å². The van der Waals surface area contributed by atoms with Gasteiger partial charge in [0, 0.05) is 24.7 Å². The highest BCUT2D eigenvalue weighted by Gasteiger charge is 2.35. The van der Waals surface area contributed by atoms with Crippen molar-refractivity contribution in [3.05, 3.63) is 33.1 Å². The van der Waals surface area contributed by atoms with Crippen LogP contribution in [-0.2, 0) is 16.6 Å². The Morgan fingerprint density at radius 2 is 2.07 bits per heavy atom. The third-order valence-electron chi connectivity index (χ3n) is 4.19. The molecule has 144 valence electrons. The molecule has 1 saturated carbocycles. The largest absolute Gasteiger partial charge is 0.462 e. The van der Waals surface area contributed by atoms with E-state index < -0.39 is 5.97 Å². The van der Waals surface area contributed by atoms with Crippen molar-refractivity contribution in [3.8, 4) is 0 Å². The number of carbonyl (C=O) groups is 2. The molecule has 2 heterocycles. The highest BCUT2D eigenvalue weighted by molar-refractivity contribution is 7.17. The number of anilines is 1. The molecule has 2 aromatic heterocycles. The van der Waals surface area contributed by atoms with Gasteiger partial charge in [-0.2, -0.15) is 5.10 Å². The van der Waals surface area contributed by atoms with E-state index in [1.54, 1.807) is 36.6 Å². The van der Waals surface area contributed by atoms with Gasteiger partial charge in [0.25, 0.3) is 5.91 Å². The molecule has 0 unspecified atom stereocenters. The van der Waals surface area contributed by atoms with Gasteiger partial charge in [-0.3, -0.25) is 14.4 Å². The molecule has 27 heavy (non-hydrogen) atoms. The minimum absolute atomic E-state index is 0.105. The van der Waals surface area contributed by atoms with Gasteiger partial charge in [0.15, 0.2) is 5.13 Å². The smallest absolute Gasteiger partial charge is 0.350 e. The lowest BCUT2D eigenvalue weighted by Crippen LogP contribution is -2.31. The first kappa shape index (κ1) is 19.6. The Balaban J connectivity index is 1.86. The van der Waals surface area contributed by atoms with Crippen LogP contribution in [0.15, 0.2) is 6.08 Å². The monoisotopic (exact) mass is 408 g/mol. The van der Waals surface area contributed by atoms with Gasteiger partial charge >= 0.3 is 5.97 Å². The second kappa shape index (κ2) is 7.82. The summed E-state index contributed by atoms with van der Waals surface area (Å²) in [5, 5.41) is 5.23. The first-order valence-corrected chi connectivity index (χ1v) is 9.87. The second-order valence-electron chi connectivity index (χ2n) is 6.32. The minimum atomic E-state index is -0.407. The van der Waals surface area contributed by atoms with E-state index in [4.69, 9.17) is 16.3 Å². The third kappa shape index (κ3) is 4.06. The first-order valence-electron chi connectivity index (χ1n) is 8.68. The molecule has 7 nitrogen and oxygen atoms in total. The molecule has 0 spiro atoms. The maximum Gasteiger partial charge on any atom is 0.350 e. The number of esters is 1. The Morgan fingerprint density at radius 3 is 2.63 bits per heavy atom. The molecule has 1 fully saturated rings. The molecule has 1 aliphatic rings. The molecular formula is C18H21ClN4O3S. The standard InChI is InChI=1S/C18H21ClN4O3S/c1-5-26-17(25)15-11(3)20-18(27-15)23(12-6-7-12)14(24)9-8-13-10(2)21-22(4)16(13)19/h8-9,12H,5-7H2,1-4H3. The average molecular weight is 409 g/mol. The molecule has 0 radical (unpaired) electrons. The predicted octanol–water partition coefficient (Wildman–Crippen LogP) is 3.53. The number of ether oxygens (including phenoxy) is 1. The van der Waals surface area contributed by atoms with Crippen LogP contribution >= 0.6 is 22.9 Å². The van der Waals surface area contributed by atoms with Gasteiger partial charge in [0.2, 0.25) is 0 Å². The number of carbonyl (C=O) groups excluding carboxylic acids is 2. The van der Waals surface area contributed by atoms with Crippen molar-refractivity contribution >= 4 is 46.0 Å². The van der Waals surface area contributed by atoms with Crippen LogP contribution in [0.3, 0.4) is 0 Å². The Kier molecular flexibility index (Phi) is 5.67. The Bertz CT molecular complexity index is 914. The zero-order valence-electron chi connectivity index (χ0n) is 15.7. The molecule has 2 aromatic rings. The van der Waals surface area contributed by atoms with Gasteiger partial charge < -0.3 is 4.74 Å².